The summed E-state index contributed by atoms with van der Waals surface area (Å²) in [6.07, 6.45) is 5.99. The topological polar surface area (TPSA) is 48.6 Å². The van der Waals surface area contributed by atoms with Gasteiger partial charge in [0.05, 0.1) is 7.11 Å². The van der Waals surface area contributed by atoms with Crippen LogP contribution in [0.2, 0.25) is 0 Å². The summed E-state index contributed by atoms with van der Waals surface area (Å²) < 4.78 is 5.61. The molecule has 0 spiro atoms. The van der Waals surface area contributed by atoms with Gasteiger partial charge in [-0.15, -0.1) is 12.4 Å². The van der Waals surface area contributed by atoms with Crippen LogP contribution in [0.15, 0.2) is 24.3 Å². The van der Waals surface area contributed by atoms with E-state index in [-0.39, 0.29) is 23.7 Å². The predicted molar refractivity (Wildman–Crippen MR) is 139 cm³/mol. The van der Waals surface area contributed by atoms with Crippen LogP contribution >= 0.6 is 12.4 Å². The molecule has 2 fully saturated rings. The predicted octanol–water partition coefficient (Wildman–Crippen LogP) is 5.00. The molecule has 1 amide bonds. The minimum absolute atomic E-state index is 0. The number of ether oxygens (including phenoxy) is 1. The van der Waals surface area contributed by atoms with Crippen LogP contribution in [0.1, 0.15) is 66.0 Å². The number of nitrogens with one attached hydrogen (secondary N) is 1. The monoisotopic (exact) mass is 485 g/mol. The Morgan fingerprint density at radius 3 is 2.71 bits per heavy atom. The Morgan fingerprint density at radius 1 is 1.26 bits per heavy atom. The number of benzene rings is 1. The van der Waals surface area contributed by atoms with Gasteiger partial charge in [0.2, 0.25) is 0 Å². The molecule has 1 aromatic heterocycles. The van der Waals surface area contributed by atoms with Crippen molar-refractivity contribution in [2.75, 3.05) is 39.8 Å². The number of rotatable bonds is 7. The number of fused-ring (bicyclic) bond motifs is 2. The van der Waals surface area contributed by atoms with Crippen molar-refractivity contribution in [2.24, 2.45) is 11.8 Å². The second-order valence-electron chi connectivity index (χ2n) is 10.5. The number of hydrogen-bond donors (Lipinski definition) is 1. The van der Waals surface area contributed by atoms with Crippen LogP contribution in [-0.4, -0.2) is 60.5 Å². The summed E-state index contributed by atoms with van der Waals surface area (Å²) in [5.74, 6) is 2.55. The van der Waals surface area contributed by atoms with E-state index in [1.54, 1.807) is 7.11 Å². The number of halogens is 1. The molecule has 2 unspecified atom stereocenters. The Bertz CT molecular complexity index is 1030. The van der Waals surface area contributed by atoms with E-state index < -0.39 is 0 Å². The minimum Gasteiger partial charge on any atom is -0.497 e. The first kappa shape index (κ1) is 25.1. The molecule has 1 aromatic carbocycles. The zero-order valence-corrected chi connectivity index (χ0v) is 22.0. The van der Waals surface area contributed by atoms with Gasteiger partial charge in [-0.3, -0.25) is 4.79 Å². The second-order valence-corrected chi connectivity index (χ2v) is 10.5. The lowest BCUT2D eigenvalue weighted by molar-refractivity contribution is 0.0764. The molecular formula is C28H40ClN3O2. The molecular weight excluding hydrogens is 446 g/mol. The van der Waals surface area contributed by atoms with Crippen molar-refractivity contribution in [1.29, 1.82) is 0 Å². The second kappa shape index (κ2) is 9.94. The number of hydrogen-bond acceptors (Lipinski definition) is 3. The van der Waals surface area contributed by atoms with E-state index in [2.05, 4.69) is 48.9 Å². The van der Waals surface area contributed by atoms with E-state index in [1.807, 2.05) is 11.0 Å². The maximum absolute atomic E-state index is 13.2. The van der Waals surface area contributed by atoms with Crippen LogP contribution < -0.4 is 4.74 Å². The van der Waals surface area contributed by atoms with Gasteiger partial charge in [0, 0.05) is 37.3 Å². The third-order valence-electron chi connectivity index (χ3n) is 8.67. The van der Waals surface area contributed by atoms with Gasteiger partial charge in [-0.05, 0) is 100 Å². The summed E-state index contributed by atoms with van der Waals surface area (Å²) in [6, 6.07) is 8.74. The van der Waals surface area contributed by atoms with Crippen molar-refractivity contribution in [3.8, 4) is 5.75 Å². The molecule has 2 aliphatic carbocycles. The van der Waals surface area contributed by atoms with E-state index in [0.29, 0.717) is 5.92 Å². The highest BCUT2D eigenvalue weighted by Gasteiger charge is 2.49. The van der Waals surface area contributed by atoms with Crippen LogP contribution in [0.3, 0.4) is 0 Å². The summed E-state index contributed by atoms with van der Waals surface area (Å²) in [6.45, 7) is 11.3. The number of nitrogens with zero attached hydrogens (tertiary/aromatic N) is 2. The molecule has 6 heteroatoms. The Labute approximate surface area is 210 Å². The molecule has 34 heavy (non-hydrogen) atoms. The lowest BCUT2D eigenvalue weighted by Crippen LogP contribution is -2.54. The zero-order valence-electron chi connectivity index (χ0n) is 21.2. The highest BCUT2D eigenvalue weighted by molar-refractivity contribution is 5.94. The number of H-pyrrole nitrogens is 1. The summed E-state index contributed by atoms with van der Waals surface area (Å²) in [7, 11) is 1.75. The summed E-state index contributed by atoms with van der Waals surface area (Å²) in [5.41, 5.74) is 6.12. The minimum atomic E-state index is 0. The number of aromatic nitrogens is 1. The summed E-state index contributed by atoms with van der Waals surface area (Å²) >= 11 is 0. The Balaban J connectivity index is 0.00000274. The molecule has 1 saturated carbocycles. The molecule has 2 aromatic rings. The number of likely N-dealkylation sites (tertiary alicyclic amines) is 1. The largest absolute Gasteiger partial charge is 0.497 e. The number of aromatic amines is 1. The van der Waals surface area contributed by atoms with Gasteiger partial charge >= 0.3 is 0 Å². The van der Waals surface area contributed by atoms with Gasteiger partial charge < -0.3 is 19.5 Å². The van der Waals surface area contributed by atoms with Gasteiger partial charge in [-0.2, -0.15) is 0 Å². The molecule has 0 bridgehead atoms. The molecule has 2 heterocycles. The third-order valence-corrected chi connectivity index (χ3v) is 8.67. The van der Waals surface area contributed by atoms with Gasteiger partial charge in [-0.1, -0.05) is 12.1 Å². The average molecular weight is 486 g/mol. The molecule has 1 saturated heterocycles. The van der Waals surface area contributed by atoms with E-state index in [0.717, 1.165) is 62.8 Å². The third kappa shape index (κ3) is 4.37. The molecule has 2 atom stereocenters. The van der Waals surface area contributed by atoms with E-state index in [9.17, 15) is 4.79 Å². The van der Waals surface area contributed by atoms with Crippen molar-refractivity contribution < 1.29 is 9.53 Å². The Kier molecular flexibility index (Phi) is 7.35. The van der Waals surface area contributed by atoms with Gasteiger partial charge in [0.25, 0.3) is 5.91 Å². The average Bonchev–Trinajstić information content (AvgIpc) is 3.60. The van der Waals surface area contributed by atoms with Crippen LogP contribution in [0.25, 0.3) is 0 Å². The van der Waals surface area contributed by atoms with Crippen LogP contribution in [0.5, 0.6) is 5.75 Å². The van der Waals surface area contributed by atoms with Crippen molar-refractivity contribution in [3.63, 3.8) is 0 Å². The van der Waals surface area contributed by atoms with Crippen molar-refractivity contribution in [2.45, 2.75) is 58.3 Å². The van der Waals surface area contributed by atoms with Gasteiger partial charge in [0.1, 0.15) is 11.4 Å². The standard InChI is InChI=1S/C28H39N3O2.ClH/c1-5-31(6-2)27(32)26-19(3)24-15-22-18-30(17-20-10-11-20)13-12-28(22,16-25(24)29-26)21-8-7-9-23(14-21)33-4;/h7-9,14,20,22,29H,5-6,10-13,15-18H2,1-4H3;1H. The molecule has 1 N–H and O–H groups in total. The first-order valence-electron chi connectivity index (χ1n) is 12.9. The number of methoxy groups -OCH3 is 1. The van der Waals surface area contributed by atoms with Crippen molar-refractivity contribution in [3.05, 3.63) is 52.3 Å². The highest BCUT2D eigenvalue weighted by atomic mass is 35.5. The highest BCUT2D eigenvalue weighted by Crippen LogP contribution is 2.49. The fourth-order valence-corrected chi connectivity index (χ4v) is 6.45. The lowest BCUT2D eigenvalue weighted by atomic mass is 9.58. The van der Waals surface area contributed by atoms with Gasteiger partial charge in [-0.25, -0.2) is 0 Å². The van der Waals surface area contributed by atoms with Crippen LogP contribution in [-0.2, 0) is 18.3 Å². The quantitative estimate of drug-likeness (QED) is 0.600. The Morgan fingerprint density at radius 2 is 2.03 bits per heavy atom. The lowest BCUT2D eigenvalue weighted by Gasteiger charge is -2.51. The zero-order chi connectivity index (χ0) is 23.2. The molecule has 186 valence electrons. The number of carbonyl (C=O) groups is 1. The molecule has 5 nitrogen and oxygen atoms in total. The fraction of sp³-hybridized carbons (Fsp3) is 0.607. The van der Waals surface area contributed by atoms with Crippen molar-refractivity contribution in [1.82, 2.24) is 14.8 Å². The molecule has 5 rings (SSSR count). The van der Waals surface area contributed by atoms with Gasteiger partial charge in [0.15, 0.2) is 0 Å². The van der Waals surface area contributed by atoms with Crippen LogP contribution in [0.4, 0.5) is 0 Å². The number of carbonyl (C=O) groups excluding carboxylic acids is 1. The maximum Gasteiger partial charge on any atom is 0.270 e. The normalized spacial score (nSPS) is 24.1. The van der Waals surface area contributed by atoms with Crippen molar-refractivity contribution >= 4 is 18.3 Å². The molecule has 0 radical (unpaired) electrons. The SMILES string of the molecule is CCN(CC)C(=O)c1[nH]c2c(c1C)CC1CN(CC3CC3)CCC1(c1cccc(OC)c1)C2.Cl. The summed E-state index contributed by atoms with van der Waals surface area (Å²) in [5, 5.41) is 0. The Hall–Kier alpha value is -1.98. The molecule has 1 aliphatic heterocycles. The van der Waals surface area contributed by atoms with E-state index >= 15 is 0 Å². The number of amides is 1. The summed E-state index contributed by atoms with van der Waals surface area (Å²) in [4.78, 5) is 21.5. The maximum atomic E-state index is 13.2. The first-order chi connectivity index (χ1) is 16.0. The van der Waals surface area contributed by atoms with E-state index in [4.69, 9.17) is 4.74 Å². The fourth-order valence-electron chi connectivity index (χ4n) is 6.45. The first-order valence-corrected chi connectivity index (χ1v) is 12.9. The molecule has 3 aliphatic rings. The van der Waals surface area contributed by atoms with E-state index in [1.165, 1.54) is 41.8 Å². The number of piperidine rings is 1. The smallest absolute Gasteiger partial charge is 0.270 e. The van der Waals surface area contributed by atoms with Crippen LogP contribution in [0, 0.1) is 18.8 Å².